The van der Waals surface area contributed by atoms with Gasteiger partial charge in [-0.25, -0.2) is 0 Å². The molecular formula is C14H23N3O3. The molecular weight excluding hydrogens is 258 g/mol. The highest BCUT2D eigenvalue weighted by atomic mass is 16.5. The molecule has 0 radical (unpaired) electrons. The molecule has 1 aliphatic rings. The van der Waals surface area contributed by atoms with Crippen LogP contribution in [-0.4, -0.2) is 40.6 Å². The average molecular weight is 281 g/mol. The van der Waals surface area contributed by atoms with E-state index in [0.29, 0.717) is 5.69 Å². The van der Waals surface area contributed by atoms with Crippen LogP contribution in [0.3, 0.4) is 0 Å². The van der Waals surface area contributed by atoms with Crippen LogP contribution in [0, 0.1) is 0 Å². The summed E-state index contributed by atoms with van der Waals surface area (Å²) in [4.78, 5) is 11.7. The van der Waals surface area contributed by atoms with Gasteiger partial charge in [-0.2, -0.15) is 5.10 Å². The molecule has 1 aliphatic heterocycles. The first-order chi connectivity index (χ1) is 9.42. The number of anilines is 1. The Morgan fingerprint density at radius 1 is 1.60 bits per heavy atom. The summed E-state index contributed by atoms with van der Waals surface area (Å²) in [5, 5.41) is 6.99. The van der Waals surface area contributed by atoms with Gasteiger partial charge in [0.05, 0.1) is 30.1 Å². The molecule has 0 aliphatic carbocycles. The van der Waals surface area contributed by atoms with Gasteiger partial charge >= 0.3 is 0 Å². The SMILES string of the molecule is CC(C)(C)OCC(=O)Nc1cnn(CC2CCCO2)c1. The summed E-state index contributed by atoms with van der Waals surface area (Å²) in [6.07, 6.45) is 5.88. The first-order valence-electron chi connectivity index (χ1n) is 7.00. The van der Waals surface area contributed by atoms with Gasteiger partial charge in [-0.1, -0.05) is 0 Å². The third kappa shape index (κ3) is 4.94. The lowest BCUT2D eigenvalue weighted by atomic mass is 10.2. The second-order valence-electron chi connectivity index (χ2n) is 6.04. The van der Waals surface area contributed by atoms with E-state index >= 15 is 0 Å². The molecule has 20 heavy (non-hydrogen) atoms. The van der Waals surface area contributed by atoms with Crippen molar-refractivity contribution in [3.05, 3.63) is 12.4 Å². The molecule has 6 heteroatoms. The van der Waals surface area contributed by atoms with Crippen molar-refractivity contribution < 1.29 is 14.3 Å². The van der Waals surface area contributed by atoms with Crippen molar-refractivity contribution in [3.8, 4) is 0 Å². The van der Waals surface area contributed by atoms with E-state index < -0.39 is 0 Å². The highest BCUT2D eigenvalue weighted by Crippen LogP contribution is 2.15. The molecule has 1 fully saturated rings. The number of ether oxygens (including phenoxy) is 2. The largest absolute Gasteiger partial charge is 0.376 e. The van der Waals surface area contributed by atoms with Crippen LogP contribution in [0.4, 0.5) is 5.69 Å². The summed E-state index contributed by atoms with van der Waals surface area (Å²) in [6, 6.07) is 0. The van der Waals surface area contributed by atoms with Crippen LogP contribution in [0.2, 0.25) is 0 Å². The maximum atomic E-state index is 11.7. The van der Waals surface area contributed by atoms with Crippen LogP contribution in [0.15, 0.2) is 12.4 Å². The lowest BCUT2D eigenvalue weighted by Gasteiger charge is -2.18. The minimum atomic E-state index is -0.318. The second-order valence-corrected chi connectivity index (χ2v) is 6.04. The fourth-order valence-corrected chi connectivity index (χ4v) is 2.00. The Bertz CT molecular complexity index is 445. The molecule has 112 valence electrons. The highest BCUT2D eigenvalue weighted by Gasteiger charge is 2.17. The number of hydrogen-bond acceptors (Lipinski definition) is 4. The van der Waals surface area contributed by atoms with E-state index in [-0.39, 0.29) is 24.2 Å². The zero-order valence-corrected chi connectivity index (χ0v) is 12.4. The van der Waals surface area contributed by atoms with E-state index in [9.17, 15) is 4.79 Å². The molecule has 0 aromatic carbocycles. The third-order valence-corrected chi connectivity index (χ3v) is 2.97. The lowest BCUT2D eigenvalue weighted by Crippen LogP contribution is -2.27. The molecule has 6 nitrogen and oxygen atoms in total. The van der Waals surface area contributed by atoms with Gasteiger partial charge in [0.2, 0.25) is 5.91 Å². The predicted molar refractivity (Wildman–Crippen MR) is 75.5 cm³/mol. The Balaban J connectivity index is 1.78. The minimum absolute atomic E-state index is 0.0421. The molecule has 1 unspecified atom stereocenters. The fourth-order valence-electron chi connectivity index (χ4n) is 2.00. The number of carbonyl (C=O) groups is 1. The molecule has 0 spiro atoms. The van der Waals surface area contributed by atoms with Gasteiger partial charge in [0.25, 0.3) is 0 Å². The number of hydrogen-bond donors (Lipinski definition) is 1. The molecule has 1 aromatic heterocycles. The van der Waals surface area contributed by atoms with Crippen molar-refractivity contribution in [2.24, 2.45) is 0 Å². The van der Waals surface area contributed by atoms with E-state index in [2.05, 4.69) is 10.4 Å². The standard InChI is InChI=1S/C14H23N3O3/c1-14(2,3)20-10-13(18)16-11-7-15-17(8-11)9-12-5-4-6-19-12/h7-8,12H,4-6,9-10H2,1-3H3,(H,16,18). The molecule has 2 heterocycles. The van der Waals surface area contributed by atoms with E-state index in [1.807, 2.05) is 27.0 Å². The Morgan fingerprint density at radius 2 is 2.40 bits per heavy atom. The molecule has 1 N–H and O–H groups in total. The molecule has 0 saturated carbocycles. The predicted octanol–water partition coefficient (Wildman–Crippen LogP) is 1.82. The fraction of sp³-hybridized carbons (Fsp3) is 0.714. The second kappa shape index (κ2) is 6.37. The summed E-state index contributed by atoms with van der Waals surface area (Å²) >= 11 is 0. The zero-order chi connectivity index (χ0) is 14.6. The van der Waals surface area contributed by atoms with Gasteiger partial charge in [0, 0.05) is 12.8 Å². The first-order valence-corrected chi connectivity index (χ1v) is 7.00. The van der Waals surface area contributed by atoms with Gasteiger partial charge in [0.15, 0.2) is 0 Å². The minimum Gasteiger partial charge on any atom is -0.376 e. The Hall–Kier alpha value is -1.40. The van der Waals surface area contributed by atoms with Crippen LogP contribution in [0.1, 0.15) is 33.6 Å². The first kappa shape index (κ1) is 15.0. The van der Waals surface area contributed by atoms with E-state index in [0.717, 1.165) is 26.0 Å². The number of nitrogens with zero attached hydrogens (tertiary/aromatic N) is 2. The maximum Gasteiger partial charge on any atom is 0.250 e. The van der Waals surface area contributed by atoms with E-state index in [1.54, 1.807) is 10.9 Å². The smallest absolute Gasteiger partial charge is 0.250 e. The van der Waals surface area contributed by atoms with Gasteiger partial charge in [-0.15, -0.1) is 0 Å². The maximum absolute atomic E-state index is 11.7. The van der Waals surface area contributed by atoms with Crippen molar-refractivity contribution in [2.45, 2.75) is 51.9 Å². The summed E-state index contributed by atoms with van der Waals surface area (Å²) in [6.45, 7) is 7.36. The number of aromatic nitrogens is 2. The van der Waals surface area contributed by atoms with Crippen molar-refractivity contribution in [2.75, 3.05) is 18.5 Å². The van der Waals surface area contributed by atoms with Crippen molar-refractivity contribution in [3.63, 3.8) is 0 Å². The van der Waals surface area contributed by atoms with E-state index in [1.165, 1.54) is 0 Å². The quantitative estimate of drug-likeness (QED) is 0.894. The summed E-state index contributed by atoms with van der Waals surface area (Å²) < 4.78 is 12.8. The van der Waals surface area contributed by atoms with Crippen LogP contribution < -0.4 is 5.32 Å². The molecule has 1 atom stereocenters. The van der Waals surface area contributed by atoms with Crippen LogP contribution >= 0.6 is 0 Å². The monoisotopic (exact) mass is 281 g/mol. The molecule has 2 rings (SSSR count). The number of rotatable bonds is 5. The average Bonchev–Trinajstić information content (AvgIpc) is 2.99. The van der Waals surface area contributed by atoms with Crippen molar-refractivity contribution >= 4 is 11.6 Å². The van der Waals surface area contributed by atoms with Crippen LogP contribution in [-0.2, 0) is 20.8 Å². The zero-order valence-electron chi connectivity index (χ0n) is 12.4. The third-order valence-electron chi connectivity index (χ3n) is 2.97. The lowest BCUT2D eigenvalue weighted by molar-refractivity contribution is -0.125. The summed E-state index contributed by atoms with van der Waals surface area (Å²) in [5.41, 5.74) is 0.368. The Morgan fingerprint density at radius 3 is 3.05 bits per heavy atom. The Labute approximate surface area is 119 Å². The number of amides is 1. The number of nitrogens with one attached hydrogen (secondary N) is 1. The number of carbonyl (C=O) groups excluding carboxylic acids is 1. The molecule has 0 bridgehead atoms. The van der Waals surface area contributed by atoms with Crippen LogP contribution in [0.5, 0.6) is 0 Å². The highest BCUT2D eigenvalue weighted by molar-refractivity contribution is 5.91. The molecule has 1 saturated heterocycles. The molecule has 1 aromatic rings. The van der Waals surface area contributed by atoms with Gasteiger partial charge in [0.1, 0.15) is 6.61 Å². The van der Waals surface area contributed by atoms with Crippen molar-refractivity contribution in [1.29, 1.82) is 0 Å². The van der Waals surface area contributed by atoms with Gasteiger partial charge in [-0.3, -0.25) is 9.48 Å². The topological polar surface area (TPSA) is 65.4 Å². The summed E-state index contributed by atoms with van der Waals surface area (Å²) in [7, 11) is 0. The van der Waals surface area contributed by atoms with Crippen molar-refractivity contribution in [1.82, 2.24) is 9.78 Å². The molecule has 1 amide bonds. The Kier molecular flexibility index (Phi) is 4.77. The van der Waals surface area contributed by atoms with E-state index in [4.69, 9.17) is 9.47 Å². The van der Waals surface area contributed by atoms with Gasteiger partial charge < -0.3 is 14.8 Å². The summed E-state index contributed by atoms with van der Waals surface area (Å²) in [5.74, 6) is -0.170. The normalized spacial score (nSPS) is 19.2. The van der Waals surface area contributed by atoms with Crippen LogP contribution in [0.25, 0.3) is 0 Å². The van der Waals surface area contributed by atoms with Gasteiger partial charge in [-0.05, 0) is 33.6 Å².